The molecule has 2 aromatic carbocycles. The lowest BCUT2D eigenvalue weighted by molar-refractivity contribution is -0.384. The largest absolute Gasteiger partial charge is 0.416 e. The number of anilines is 1. The van der Waals surface area contributed by atoms with Crippen LogP contribution in [-0.2, 0) is 20.5 Å². The SMILES string of the molecule is CCOCCCN1C(=O)C(Nc2cccc(C(F)(F)F)c2)=C(c2ccc([N+](=O)[O-])cc2)C1=O. The van der Waals surface area contributed by atoms with Gasteiger partial charge in [-0.1, -0.05) is 6.07 Å². The normalized spacial score (nSPS) is 14.2. The molecular formula is C22H20F3N3O5. The minimum absolute atomic E-state index is 0.0310. The highest BCUT2D eigenvalue weighted by molar-refractivity contribution is 6.36. The predicted octanol–water partition coefficient (Wildman–Crippen LogP) is 4.23. The molecule has 0 aromatic heterocycles. The van der Waals surface area contributed by atoms with Gasteiger partial charge in [0.2, 0.25) is 0 Å². The number of carbonyl (C=O) groups is 2. The zero-order valence-corrected chi connectivity index (χ0v) is 17.5. The standard InChI is InChI=1S/C22H20F3N3O5/c1-2-33-12-4-11-27-20(29)18(14-7-9-17(10-8-14)28(31)32)19(21(27)30)26-16-6-3-5-15(13-16)22(23,24)25/h3,5-10,13,26H,2,4,11-12H2,1H3. The molecule has 2 aromatic rings. The van der Waals surface area contributed by atoms with Crippen LogP contribution in [0, 0.1) is 10.1 Å². The van der Waals surface area contributed by atoms with Crippen LogP contribution >= 0.6 is 0 Å². The monoisotopic (exact) mass is 463 g/mol. The number of nitro groups is 1. The number of halogens is 3. The minimum atomic E-state index is -4.59. The van der Waals surface area contributed by atoms with E-state index in [-0.39, 0.29) is 34.8 Å². The number of alkyl halides is 3. The lowest BCUT2D eigenvalue weighted by Crippen LogP contribution is -2.34. The van der Waals surface area contributed by atoms with Crippen LogP contribution in [0.1, 0.15) is 24.5 Å². The molecule has 0 spiro atoms. The Balaban J connectivity index is 1.99. The second-order valence-electron chi connectivity index (χ2n) is 7.07. The van der Waals surface area contributed by atoms with Gasteiger partial charge in [0.05, 0.1) is 16.1 Å². The van der Waals surface area contributed by atoms with Gasteiger partial charge < -0.3 is 10.1 Å². The van der Waals surface area contributed by atoms with Gasteiger partial charge in [-0.25, -0.2) is 0 Å². The van der Waals surface area contributed by atoms with Crippen molar-refractivity contribution in [2.45, 2.75) is 19.5 Å². The number of benzene rings is 2. The maximum Gasteiger partial charge on any atom is 0.416 e. The molecule has 0 unspecified atom stereocenters. The number of hydrogen-bond donors (Lipinski definition) is 1. The predicted molar refractivity (Wildman–Crippen MR) is 113 cm³/mol. The summed E-state index contributed by atoms with van der Waals surface area (Å²) in [4.78, 5) is 37.4. The maximum atomic E-state index is 13.1. The van der Waals surface area contributed by atoms with Crippen molar-refractivity contribution in [3.8, 4) is 0 Å². The fourth-order valence-corrected chi connectivity index (χ4v) is 3.30. The highest BCUT2D eigenvalue weighted by Gasteiger charge is 2.39. The van der Waals surface area contributed by atoms with Crippen LogP contribution in [-0.4, -0.2) is 41.4 Å². The van der Waals surface area contributed by atoms with Crippen LogP contribution in [0.25, 0.3) is 5.57 Å². The molecule has 1 heterocycles. The molecule has 0 saturated carbocycles. The summed E-state index contributed by atoms with van der Waals surface area (Å²) in [6.45, 7) is 2.63. The highest BCUT2D eigenvalue weighted by atomic mass is 19.4. The summed E-state index contributed by atoms with van der Waals surface area (Å²) in [5.41, 5.74) is -1.22. The number of ether oxygens (including phenoxy) is 1. The Morgan fingerprint density at radius 1 is 1.09 bits per heavy atom. The lowest BCUT2D eigenvalue weighted by atomic mass is 10.0. The van der Waals surface area contributed by atoms with Crippen molar-refractivity contribution in [3.63, 3.8) is 0 Å². The third-order valence-electron chi connectivity index (χ3n) is 4.87. The summed E-state index contributed by atoms with van der Waals surface area (Å²) in [6, 6.07) is 9.23. The first-order chi connectivity index (χ1) is 15.6. The average molecular weight is 463 g/mol. The Kier molecular flexibility index (Phi) is 7.12. The van der Waals surface area contributed by atoms with Gasteiger partial charge in [0, 0.05) is 37.6 Å². The van der Waals surface area contributed by atoms with Gasteiger partial charge in [-0.3, -0.25) is 24.6 Å². The van der Waals surface area contributed by atoms with Crippen LogP contribution in [0.3, 0.4) is 0 Å². The third kappa shape index (κ3) is 5.37. The van der Waals surface area contributed by atoms with E-state index in [0.717, 1.165) is 17.0 Å². The average Bonchev–Trinajstić information content (AvgIpc) is 3.00. The summed E-state index contributed by atoms with van der Waals surface area (Å²) >= 11 is 0. The Bertz CT molecular complexity index is 1100. The van der Waals surface area contributed by atoms with Gasteiger partial charge in [0.15, 0.2) is 0 Å². The molecule has 2 amide bonds. The number of imide groups is 1. The molecule has 0 radical (unpaired) electrons. The van der Waals surface area contributed by atoms with Crippen LogP contribution in [0.4, 0.5) is 24.5 Å². The number of amides is 2. The first-order valence-corrected chi connectivity index (χ1v) is 10.0. The topological polar surface area (TPSA) is 102 Å². The highest BCUT2D eigenvalue weighted by Crippen LogP contribution is 2.34. The molecule has 8 nitrogen and oxygen atoms in total. The minimum Gasteiger partial charge on any atom is -0.382 e. The van der Waals surface area contributed by atoms with Crippen LogP contribution in [0.2, 0.25) is 0 Å². The zero-order chi connectivity index (χ0) is 24.2. The zero-order valence-electron chi connectivity index (χ0n) is 17.5. The number of nitro benzene ring substituents is 1. The Morgan fingerprint density at radius 3 is 2.39 bits per heavy atom. The molecule has 0 bridgehead atoms. The molecule has 0 aliphatic carbocycles. The van der Waals surface area contributed by atoms with Crippen LogP contribution in [0.15, 0.2) is 54.2 Å². The van der Waals surface area contributed by atoms with Crippen LogP contribution in [0.5, 0.6) is 0 Å². The Labute approximate surface area is 186 Å². The van der Waals surface area contributed by atoms with Crippen molar-refractivity contribution in [3.05, 3.63) is 75.5 Å². The van der Waals surface area contributed by atoms with Crippen LogP contribution < -0.4 is 5.32 Å². The van der Waals surface area contributed by atoms with Gasteiger partial charge in [-0.15, -0.1) is 0 Å². The van der Waals surface area contributed by atoms with E-state index in [1.54, 1.807) is 6.92 Å². The first kappa shape index (κ1) is 23.9. The van der Waals surface area contributed by atoms with Crippen molar-refractivity contribution >= 4 is 28.8 Å². The van der Waals surface area contributed by atoms with E-state index in [0.29, 0.717) is 19.6 Å². The number of nitrogens with one attached hydrogen (secondary N) is 1. The Morgan fingerprint density at radius 2 is 1.79 bits per heavy atom. The van der Waals surface area contributed by atoms with E-state index in [1.165, 1.54) is 36.4 Å². The van der Waals surface area contributed by atoms with Crippen molar-refractivity contribution in [1.29, 1.82) is 0 Å². The molecular weight excluding hydrogens is 443 g/mol. The van der Waals surface area contributed by atoms with Gasteiger partial charge in [-0.05, 0) is 49.2 Å². The van der Waals surface area contributed by atoms with E-state index < -0.39 is 28.5 Å². The molecule has 1 N–H and O–H groups in total. The summed E-state index contributed by atoms with van der Waals surface area (Å²) in [7, 11) is 0. The molecule has 1 aliphatic rings. The third-order valence-corrected chi connectivity index (χ3v) is 4.87. The van der Waals surface area contributed by atoms with E-state index in [4.69, 9.17) is 4.74 Å². The smallest absolute Gasteiger partial charge is 0.382 e. The molecule has 11 heteroatoms. The van der Waals surface area contributed by atoms with Crippen molar-refractivity contribution in [2.24, 2.45) is 0 Å². The van der Waals surface area contributed by atoms with Gasteiger partial charge in [-0.2, -0.15) is 13.2 Å². The lowest BCUT2D eigenvalue weighted by Gasteiger charge is -2.15. The summed E-state index contributed by atoms with van der Waals surface area (Å²) in [5.74, 6) is -1.36. The maximum absolute atomic E-state index is 13.1. The Hall–Kier alpha value is -3.73. The summed E-state index contributed by atoms with van der Waals surface area (Å²) < 4.78 is 44.5. The number of non-ortho nitro benzene ring substituents is 1. The van der Waals surface area contributed by atoms with Crippen molar-refractivity contribution in [1.82, 2.24) is 4.90 Å². The molecule has 1 aliphatic heterocycles. The second-order valence-corrected chi connectivity index (χ2v) is 7.07. The number of hydrogen-bond acceptors (Lipinski definition) is 6. The van der Waals surface area contributed by atoms with E-state index >= 15 is 0 Å². The molecule has 3 rings (SSSR count). The second kappa shape index (κ2) is 9.82. The van der Waals surface area contributed by atoms with E-state index in [1.807, 2.05) is 0 Å². The van der Waals surface area contributed by atoms with Crippen molar-refractivity contribution in [2.75, 3.05) is 25.1 Å². The first-order valence-electron chi connectivity index (χ1n) is 10.0. The summed E-state index contributed by atoms with van der Waals surface area (Å²) in [6.07, 6.45) is -4.22. The number of nitrogens with zero attached hydrogens (tertiary/aromatic N) is 2. The number of rotatable bonds is 9. The fraction of sp³-hybridized carbons (Fsp3) is 0.273. The molecule has 0 atom stereocenters. The molecule has 0 fully saturated rings. The van der Waals surface area contributed by atoms with E-state index in [2.05, 4.69) is 5.32 Å². The van der Waals surface area contributed by atoms with Gasteiger partial charge >= 0.3 is 6.18 Å². The van der Waals surface area contributed by atoms with E-state index in [9.17, 15) is 32.9 Å². The molecule has 174 valence electrons. The quantitative estimate of drug-likeness (QED) is 0.258. The fourth-order valence-electron chi connectivity index (χ4n) is 3.30. The number of carbonyl (C=O) groups excluding carboxylic acids is 2. The summed E-state index contributed by atoms with van der Waals surface area (Å²) in [5, 5.41) is 13.6. The molecule has 33 heavy (non-hydrogen) atoms. The van der Waals surface area contributed by atoms with Gasteiger partial charge in [0.1, 0.15) is 5.70 Å². The van der Waals surface area contributed by atoms with Crippen molar-refractivity contribution < 1.29 is 32.4 Å². The molecule has 0 saturated heterocycles. The van der Waals surface area contributed by atoms with Gasteiger partial charge in [0.25, 0.3) is 17.5 Å².